The molecule has 0 atom stereocenters. The minimum atomic E-state index is -0.0687. The molecule has 1 aromatic carbocycles. The van der Waals surface area contributed by atoms with Crippen molar-refractivity contribution in [1.29, 1.82) is 0 Å². The molecule has 0 bridgehead atoms. The summed E-state index contributed by atoms with van der Waals surface area (Å²) in [5, 5.41) is 4.69. The van der Waals surface area contributed by atoms with Gasteiger partial charge in [-0.15, -0.1) is 0 Å². The number of nitrogens with zero attached hydrogens (tertiary/aromatic N) is 3. The van der Waals surface area contributed by atoms with Gasteiger partial charge in [-0.25, -0.2) is 0 Å². The zero-order valence-electron chi connectivity index (χ0n) is 15.9. The predicted octanol–water partition coefficient (Wildman–Crippen LogP) is 4.09. The Hall–Kier alpha value is -2.73. The summed E-state index contributed by atoms with van der Waals surface area (Å²) in [5.41, 5.74) is 2.97. The van der Waals surface area contributed by atoms with Gasteiger partial charge in [0.15, 0.2) is 5.76 Å². The summed E-state index contributed by atoms with van der Waals surface area (Å²) < 4.78 is 11.0. The van der Waals surface area contributed by atoms with Gasteiger partial charge in [-0.2, -0.15) is 0 Å². The Bertz CT molecular complexity index is 950. The largest absolute Gasteiger partial charge is 0.456 e. The van der Waals surface area contributed by atoms with E-state index in [0.29, 0.717) is 25.3 Å². The Morgan fingerprint density at radius 2 is 1.79 bits per heavy atom. The van der Waals surface area contributed by atoms with Crippen LogP contribution in [-0.2, 0) is 6.42 Å². The first-order valence-corrected chi connectivity index (χ1v) is 9.69. The lowest BCUT2D eigenvalue weighted by Crippen LogP contribution is -2.48. The average Bonchev–Trinajstić information content (AvgIpc) is 3.30. The Labute approximate surface area is 168 Å². The summed E-state index contributed by atoms with van der Waals surface area (Å²) in [4.78, 5) is 16.9. The van der Waals surface area contributed by atoms with Gasteiger partial charge in [-0.1, -0.05) is 16.8 Å². The second-order valence-corrected chi connectivity index (χ2v) is 7.44. The van der Waals surface area contributed by atoms with Crippen LogP contribution in [0.4, 0.5) is 5.69 Å². The van der Waals surface area contributed by atoms with Gasteiger partial charge in [0.2, 0.25) is 0 Å². The number of carbonyl (C=O) groups is 1. The Morgan fingerprint density at radius 3 is 2.43 bits per heavy atom. The molecular weight excluding hydrogens is 378 g/mol. The third-order valence-electron chi connectivity index (χ3n) is 5.16. The fourth-order valence-electron chi connectivity index (χ4n) is 3.49. The Morgan fingerprint density at radius 1 is 1.07 bits per heavy atom. The highest BCUT2D eigenvalue weighted by Gasteiger charge is 2.24. The third-order valence-corrected chi connectivity index (χ3v) is 5.42. The molecule has 0 radical (unpaired) electrons. The van der Waals surface area contributed by atoms with Crippen molar-refractivity contribution in [1.82, 2.24) is 10.1 Å². The van der Waals surface area contributed by atoms with Crippen LogP contribution in [0.3, 0.4) is 0 Å². The first-order chi connectivity index (χ1) is 13.5. The summed E-state index contributed by atoms with van der Waals surface area (Å²) in [7, 11) is 0. The number of benzene rings is 1. The SMILES string of the molecule is Cc1noc(C)c1Cc1ccc(C(=O)N2CCN(c3ccc(Cl)cc3)CC2)o1. The van der Waals surface area contributed by atoms with Gasteiger partial charge in [0.1, 0.15) is 11.5 Å². The number of anilines is 1. The quantitative estimate of drug-likeness (QED) is 0.661. The number of furan rings is 1. The van der Waals surface area contributed by atoms with E-state index in [1.165, 1.54) is 0 Å². The molecule has 1 saturated heterocycles. The molecule has 7 heteroatoms. The van der Waals surface area contributed by atoms with Crippen LogP contribution in [0.2, 0.25) is 5.02 Å². The standard InChI is InChI=1S/C21H22ClN3O3/c1-14-19(15(2)28-23-14)13-18-7-8-20(27-18)21(26)25-11-9-24(10-12-25)17-5-3-16(22)4-6-17/h3-8H,9-13H2,1-2H3. The predicted molar refractivity (Wildman–Crippen MR) is 107 cm³/mol. The van der Waals surface area contributed by atoms with E-state index in [4.69, 9.17) is 20.5 Å². The number of aryl methyl sites for hydroxylation is 2. The van der Waals surface area contributed by atoms with Crippen LogP contribution in [0.1, 0.15) is 33.3 Å². The summed E-state index contributed by atoms with van der Waals surface area (Å²) in [5.74, 6) is 1.82. The molecule has 1 aliphatic rings. The molecule has 0 N–H and O–H groups in total. The number of amides is 1. The minimum absolute atomic E-state index is 0.0687. The molecule has 28 heavy (non-hydrogen) atoms. The molecule has 1 amide bonds. The molecule has 4 rings (SSSR count). The number of piperazine rings is 1. The molecule has 1 fully saturated rings. The van der Waals surface area contributed by atoms with E-state index in [9.17, 15) is 4.79 Å². The maximum atomic E-state index is 12.8. The van der Waals surface area contributed by atoms with E-state index in [0.717, 1.165) is 46.6 Å². The zero-order chi connectivity index (χ0) is 19.7. The van der Waals surface area contributed by atoms with Gasteiger partial charge in [-0.05, 0) is 50.2 Å². The molecule has 146 valence electrons. The second kappa shape index (κ2) is 7.72. The first-order valence-electron chi connectivity index (χ1n) is 9.31. The van der Waals surface area contributed by atoms with Crippen LogP contribution >= 0.6 is 11.6 Å². The van der Waals surface area contributed by atoms with E-state index >= 15 is 0 Å². The highest BCUT2D eigenvalue weighted by molar-refractivity contribution is 6.30. The van der Waals surface area contributed by atoms with E-state index in [2.05, 4.69) is 10.1 Å². The van der Waals surface area contributed by atoms with Crippen LogP contribution in [0.15, 0.2) is 45.3 Å². The van der Waals surface area contributed by atoms with Crippen molar-refractivity contribution in [3.63, 3.8) is 0 Å². The fraction of sp³-hybridized carbons (Fsp3) is 0.333. The number of halogens is 1. The highest BCUT2D eigenvalue weighted by Crippen LogP contribution is 2.22. The van der Waals surface area contributed by atoms with Crippen molar-refractivity contribution >= 4 is 23.2 Å². The topological polar surface area (TPSA) is 62.7 Å². The van der Waals surface area contributed by atoms with Crippen LogP contribution in [-0.4, -0.2) is 42.1 Å². The highest BCUT2D eigenvalue weighted by atomic mass is 35.5. The van der Waals surface area contributed by atoms with Gasteiger partial charge >= 0.3 is 0 Å². The van der Waals surface area contributed by atoms with Crippen molar-refractivity contribution in [2.75, 3.05) is 31.1 Å². The molecule has 3 heterocycles. The summed E-state index contributed by atoms with van der Waals surface area (Å²) in [6.45, 7) is 6.65. The normalized spacial score (nSPS) is 14.5. The third kappa shape index (κ3) is 3.78. The maximum absolute atomic E-state index is 12.8. The molecule has 0 aliphatic carbocycles. The van der Waals surface area contributed by atoms with Crippen LogP contribution in [0, 0.1) is 13.8 Å². The molecule has 0 spiro atoms. The molecule has 0 saturated carbocycles. The van der Waals surface area contributed by atoms with Gasteiger partial charge < -0.3 is 18.7 Å². The number of rotatable bonds is 4. The molecule has 2 aromatic heterocycles. The smallest absolute Gasteiger partial charge is 0.289 e. The second-order valence-electron chi connectivity index (χ2n) is 7.00. The first kappa shape index (κ1) is 18.6. The molecule has 6 nitrogen and oxygen atoms in total. The van der Waals surface area contributed by atoms with Crippen LogP contribution in [0.5, 0.6) is 0 Å². The van der Waals surface area contributed by atoms with Crippen molar-refractivity contribution in [3.8, 4) is 0 Å². The zero-order valence-corrected chi connectivity index (χ0v) is 16.7. The minimum Gasteiger partial charge on any atom is -0.456 e. The van der Waals surface area contributed by atoms with E-state index in [-0.39, 0.29) is 5.91 Å². The number of carbonyl (C=O) groups excluding carboxylic acids is 1. The average molecular weight is 400 g/mol. The van der Waals surface area contributed by atoms with E-state index < -0.39 is 0 Å². The Balaban J connectivity index is 1.38. The Kier molecular flexibility index (Phi) is 5.13. The van der Waals surface area contributed by atoms with Gasteiger partial charge in [0, 0.05) is 48.9 Å². The lowest BCUT2D eigenvalue weighted by molar-refractivity contribution is 0.0713. The lowest BCUT2D eigenvalue weighted by atomic mass is 10.1. The molecular formula is C21H22ClN3O3. The summed E-state index contributed by atoms with van der Waals surface area (Å²) in [6.07, 6.45) is 0.568. The van der Waals surface area contributed by atoms with Crippen molar-refractivity contribution in [2.45, 2.75) is 20.3 Å². The van der Waals surface area contributed by atoms with Gasteiger partial charge in [0.05, 0.1) is 5.69 Å². The van der Waals surface area contributed by atoms with Crippen molar-refractivity contribution < 1.29 is 13.7 Å². The maximum Gasteiger partial charge on any atom is 0.289 e. The lowest BCUT2D eigenvalue weighted by Gasteiger charge is -2.35. The van der Waals surface area contributed by atoms with Crippen molar-refractivity contribution in [3.05, 3.63) is 70.0 Å². The van der Waals surface area contributed by atoms with E-state index in [1.54, 1.807) is 6.07 Å². The van der Waals surface area contributed by atoms with Gasteiger partial charge in [-0.3, -0.25) is 4.79 Å². The van der Waals surface area contributed by atoms with Crippen molar-refractivity contribution in [2.24, 2.45) is 0 Å². The molecule has 3 aromatic rings. The van der Waals surface area contributed by atoms with Crippen LogP contribution in [0.25, 0.3) is 0 Å². The van der Waals surface area contributed by atoms with Crippen LogP contribution < -0.4 is 4.90 Å². The van der Waals surface area contributed by atoms with E-state index in [1.807, 2.05) is 49.1 Å². The monoisotopic (exact) mass is 399 g/mol. The number of hydrogen-bond acceptors (Lipinski definition) is 5. The summed E-state index contributed by atoms with van der Waals surface area (Å²) >= 11 is 5.96. The number of hydrogen-bond donors (Lipinski definition) is 0. The fourth-order valence-corrected chi connectivity index (χ4v) is 3.62. The molecule has 1 aliphatic heterocycles. The number of aromatic nitrogens is 1. The molecule has 0 unspecified atom stereocenters. The van der Waals surface area contributed by atoms with Gasteiger partial charge in [0.25, 0.3) is 5.91 Å². The summed E-state index contributed by atoms with van der Waals surface area (Å²) in [6, 6.07) is 11.4.